The fourth-order valence-corrected chi connectivity index (χ4v) is 3.17. The lowest BCUT2D eigenvalue weighted by atomic mass is 10.0. The molecular weight excluding hydrogens is 340 g/mol. The maximum absolute atomic E-state index is 12.6. The molecule has 1 aliphatic rings. The lowest BCUT2D eigenvalue weighted by Gasteiger charge is -2.35. The molecule has 1 aromatic rings. The van der Waals surface area contributed by atoms with Gasteiger partial charge in [0.1, 0.15) is 0 Å². The Morgan fingerprint density at radius 1 is 1.19 bits per heavy atom. The quantitative estimate of drug-likeness (QED) is 0.740. The number of piperidine rings is 1. The van der Waals surface area contributed by atoms with Gasteiger partial charge in [-0.15, -0.1) is 0 Å². The first-order valence-corrected chi connectivity index (χ1v) is 9.93. The number of carbonyl (C=O) groups excluding carboxylic acids is 2. The molecule has 1 aromatic carbocycles. The number of benzene rings is 1. The normalized spacial score (nSPS) is 16.6. The molecule has 0 bridgehead atoms. The van der Waals surface area contributed by atoms with Gasteiger partial charge in [0.05, 0.1) is 5.56 Å². The van der Waals surface area contributed by atoms with Gasteiger partial charge in [-0.2, -0.15) is 0 Å². The first kappa shape index (κ1) is 21.1. The molecule has 1 unspecified atom stereocenters. The maximum Gasteiger partial charge on any atom is 0.315 e. The molecule has 0 spiro atoms. The van der Waals surface area contributed by atoms with Crippen LogP contribution < -0.4 is 20.9 Å². The minimum Gasteiger partial charge on any atom is -0.371 e. The van der Waals surface area contributed by atoms with E-state index in [4.69, 9.17) is 0 Å². The summed E-state index contributed by atoms with van der Waals surface area (Å²) in [5.74, 6) is -0.0234. The van der Waals surface area contributed by atoms with Gasteiger partial charge in [0.2, 0.25) is 0 Å². The summed E-state index contributed by atoms with van der Waals surface area (Å²) >= 11 is 0. The zero-order chi connectivity index (χ0) is 20.0. The number of rotatable bonds is 5. The summed E-state index contributed by atoms with van der Waals surface area (Å²) in [6.07, 6.45) is 2.62. The molecule has 1 fully saturated rings. The minimum absolute atomic E-state index is 0.0234. The average Bonchev–Trinajstić information content (AvgIpc) is 2.60. The van der Waals surface area contributed by atoms with Crippen molar-refractivity contribution < 1.29 is 9.59 Å². The van der Waals surface area contributed by atoms with E-state index in [0.717, 1.165) is 43.6 Å². The Morgan fingerprint density at radius 3 is 2.41 bits per heavy atom. The van der Waals surface area contributed by atoms with Gasteiger partial charge in [-0.1, -0.05) is 19.1 Å². The van der Waals surface area contributed by atoms with Crippen molar-refractivity contribution in [2.24, 2.45) is 0 Å². The molecule has 6 nitrogen and oxygen atoms in total. The molecule has 1 atom stereocenters. The second-order valence-electron chi connectivity index (χ2n) is 8.41. The van der Waals surface area contributed by atoms with Crippen LogP contribution in [0, 0.1) is 0 Å². The molecule has 0 saturated carbocycles. The monoisotopic (exact) mass is 374 g/mol. The smallest absolute Gasteiger partial charge is 0.315 e. The third-order valence-corrected chi connectivity index (χ3v) is 4.80. The summed E-state index contributed by atoms with van der Waals surface area (Å²) in [7, 11) is 0. The number of carbonyl (C=O) groups is 2. The minimum atomic E-state index is -0.243. The number of hydrogen-bond acceptors (Lipinski definition) is 3. The summed E-state index contributed by atoms with van der Waals surface area (Å²) in [6.45, 7) is 11.6. The van der Waals surface area contributed by atoms with Crippen LogP contribution in [0.5, 0.6) is 0 Å². The fraction of sp³-hybridized carbons (Fsp3) is 0.619. The Kier molecular flexibility index (Phi) is 7.11. The van der Waals surface area contributed by atoms with Crippen LogP contribution >= 0.6 is 0 Å². The third kappa shape index (κ3) is 6.45. The van der Waals surface area contributed by atoms with E-state index < -0.39 is 0 Å². The van der Waals surface area contributed by atoms with Crippen LogP contribution in [0.3, 0.4) is 0 Å². The average molecular weight is 375 g/mol. The van der Waals surface area contributed by atoms with Crippen molar-refractivity contribution in [3.63, 3.8) is 0 Å². The maximum atomic E-state index is 12.6. The number of anilines is 1. The van der Waals surface area contributed by atoms with Crippen molar-refractivity contribution in [2.45, 2.75) is 71.5 Å². The van der Waals surface area contributed by atoms with Crippen LogP contribution in [-0.4, -0.2) is 42.7 Å². The van der Waals surface area contributed by atoms with Gasteiger partial charge >= 0.3 is 6.03 Å². The number of urea groups is 1. The zero-order valence-electron chi connectivity index (χ0n) is 17.3. The van der Waals surface area contributed by atoms with Crippen molar-refractivity contribution in [1.29, 1.82) is 0 Å². The largest absolute Gasteiger partial charge is 0.371 e. The first-order chi connectivity index (χ1) is 12.7. The molecular formula is C21H34N4O2. The molecule has 150 valence electrons. The van der Waals surface area contributed by atoms with Gasteiger partial charge < -0.3 is 20.9 Å². The topological polar surface area (TPSA) is 73.5 Å². The van der Waals surface area contributed by atoms with Gasteiger partial charge in [-0.3, -0.25) is 4.79 Å². The van der Waals surface area contributed by atoms with Crippen LogP contribution in [-0.2, 0) is 0 Å². The predicted octanol–water partition coefficient (Wildman–Crippen LogP) is 3.28. The summed E-state index contributed by atoms with van der Waals surface area (Å²) < 4.78 is 0. The van der Waals surface area contributed by atoms with Crippen molar-refractivity contribution in [3.8, 4) is 0 Å². The van der Waals surface area contributed by atoms with Crippen LogP contribution in [0.15, 0.2) is 24.3 Å². The van der Waals surface area contributed by atoms with Crippen molar-refractivity contribution in [2.75, 3.05) is 18.0 Å². The van der Waals surface area contributed by atoms with Crippen LogP contribution in [0.4, 0.5) is 10.5 Å². The fourth-order valence-electron chi connectivity index (χ4n) is 3.17. The highest BCUT2D eigenvalue weighted by atomic mass is 16.2. The number of para-hydroxylation sites is 1. The third-order valence-electron chi connectivity index (χ3n) is 4.80. The van der Waals surface area contributed by atoms with E-state index >= 15 is 0 Å². The van der Waals surface area contributed by atoms with E-state index in [0.29, 0.717) is 0 Å². The number of nitrogens with zero attached hydrogens (tertiary/aromatic N) is 1. The highest BCUT2D eigenvalue weighted by molar-refractivity contribution is 6.00. The molecule has 1 aliphatic heterocycles. The molecule has 0 radical (unpaired) electrons. The summed E-state index contributed by atoms with van der Waals surface area (Å²) in [5.41, 5.74) is 1.44. The van der Waals surface area contributed by atoms with Crippen LogP contribution in [0.25, 0.3) is 0 Å². The van der Waals surface area contributed by atoms with E-state index in [9.17, 15) is 9.59 Å². The Labute approximate surface area is 163 Å². The number of hydrogen-bond donors (Lipinski definition) is 3. The van der Waals surface area contributed by atoms with Crippen LogP contribution in [0.2, 0.25) is 0 Å². The molecule has 1 heterocycles. The van der Waals surface area contributed by atoms with E-state index in [-0.39, 0.29) is 29.6 Å². The molecule has 2 rings (SSSR count). The van der Waals surface area contributed by atoms with Gasteiger partial charge in [-0.05, 0) is 59.1 Å². The number of nitrogens with one attached hydrogen (secondary N) is 3. The van der Waals surface area contributed by atoms with E-state index in [1.54, 1.807) is 0 Å². The summed E-state index contributed by atoms with van der Waals surface area (Å²) in [4.78, 5) is 26.9. The highest BCUT2D eigenvalue weighted by Gasteiger charge is 2.25. The molecule has 1 saturated heterocycles. The molecule has 6 heteroatoms. The van der Waals surface area contributed by atoms with Crippen molar-refractivity contribution in [1.82, 2.24) is 16.0 Å². The Hall–Kier alpha value is -2.24. The lowest BCUT2D eigenvalue weighted by molar-refractivity contribution is 0.0939. The number of amides is 3. The molecule has 3 amide bonds. The molecule has 27 heavy (non-hydrogen) atoms. The van der Waals surface area contributed by atoms with E-state index in [1.807, 2.05) is 52.0 Å². The van der Waals surface area contributed by atoms with Gasteiger partial charge in [0.15, 0.2) is 0 Å². The second-order valence-corrected chi connectivity index (χ2v) is 8.41. The van der Waals surface area contributed by atoms with Gasteiger partial charge in [0.25, 0.3) is 5.91 Å². The van der Waals surface area contributed by atoms with Crippen LogP contribution in [0.1, 0.15) is 64.2 Å². The van der Waals surface area contributed by atoms with Gasteiger partial charge in [0, 0.05) is 36.4 Å². The first-order valence-electron chi connectivity index (χ1n) is 9.93. The Balaban J connectivity index is 1.96. The van der Waals surface area contributed by atoms with Gasteiger partial charge in [-0.25, -0.2) is 4.79 Å². The summed E-state index contributed by atoms with van der Waals surface area (Å²) in [6, 6.07) is 7.96. The summed E-state index contributed by atoms with van der Waals surface area (Å²) in [5, 5.41) is 9.05. The van der Waals surface area contributed by atoms with Crippen molar-refractivity contribution >= 4 is 17.6 Å². The molecule has 0 aromatic heterocycles. The standard InChI is InChI=1S/C21H34N4O2/c1-6-15(2)22-19(26)17-9-7-8-10-18(17)25-13-11-16(12-14-25)23-20(27)24-21(3,4)5/h7-10,15-16H,6,11-14H2,1-5H3,(H,22,26)(H2,23,24,27). The van der Waals surface area contributed by atoms with Crippen molar-refractivity contribution in [3.05, 3.63) is 29.8 Å². The van der Waals surface area contributed by atoms with E-state index in [1.165, 1.54) is 0 Å². The molecule has 0 aliphatic carbocycles. The Bertz CT molecular complexity index is 646. The SMILES string of the molecule is CCC(C)NC(=O)c1ccccc1N1CCC(NC(=O)NC(C)(C)C)CC1. The Morgan fingerprint density at radius 2 is 1.81 bits per heavy atom. The predicted molar refractivity (Wildman–Crippen MR) is 110 cm³/mol. The highest BCUT2D eigenvalue weighted by Crippen LogP contribution is 2.24. The second kappa shape index (κ2) is 9.11. The lowest BCUT2D eigenvalue weighted by Crippen LogP contribution is -2.52. The molecule has 3 N–H and O–H groups in total. The van der Waals surface area contributed by atoms with E-state index in [2.05, 4.69) is 27.8 Å². The zero-order valence-corrected chi connectivity index (χ0v) is 17.3.